The van der Waals surface area contributed by atoms with Crippen LogP contribution >= 0.6 is 12.4 Å². The van der Waals surface area contributed by atoms with Gasteiger partial charge in [0.25, 0.3) is 5.91 Å². The number of carbonyl (C=O) groups is 1. The van der Waals surface area contributed by atoms with Crippen LogP contribution in [-0.4, -0.2) is 48.2 Å². The summed E-state index contributed by atoms with van der Waals surface area (Å²) in [5, 5.41) is 5.44. The highest BCUT2D eigenvalue weighted by Gasteiger charge is 2.25. The van der Waals surface area contributed by atoms with Crippen molar-refractivity contribution in [1.29, 1.82) is 0 Å². The zero-order valence-electron chi connectivity index (χ0n) is 12.1. The average molecular weight is 352 g/mol. The minimum absolute atomic E-state index is 0. The third kappa shape index (κ3) is 4.01. The number of likely N-dealkylation sites (N-methyl/N-ethyl adjacent to an activating group) is 1. The summed E-state index contributed by atoms with van der Waals surface area (Å²) in [6, 6.07) is 2.77. The van der Waals surface area contributed by atoms with Gasteiger partial charge in [-0.1, -0.05) is 0 Å². The lowest BCUT2D eigenvalue weighted by atomic mass is 10.2. The Balaban J connectivity index is 0.00000242. The highest BCUT2D eigenvalue weighted by molar-refractivity contribution is 7.89. The summed E-state index contributed by atoms with van der Waals surface area (Å²) in [6.45, 7) is 0.599. The number of hydrogen-bond donors (Lipinski definition) is 3. The molecule has 0 fully saturated rings. The molecule has 1 heterocycles. The molecule has 1 aliphatic rings. The second kappa shape index (κ2) is 7.63. The Hall–Kier alpha value is -1.55. The average Bonchev–Trinajstić information content (AvgIpc) is 2.45. The standard InChI is InChI=1S/C12H17N3O5S.ClH/c1-13-3-4-14-21(17,18)11-6-9-8(5-10(11)19-2)15-12(16)7-20-9;/h5-6,13-14H,3-4,7H2,1-2H3,(H,15,16);1H. The molecule has 0 aliphatic carbocycles. The van der Waals surface area contributed by atoms with Crippen LogP contribution in [0.2, 0.25) is 0 Å². The van der Waals surface area contributed by atoms with E-state index in [4.69, 9.17) is 9.47 Å². The molecule has 0 spiro atoms. The van der Waals surface area contributed by atoms with Crippen molar-refractivity contribution in [2.24, 2.45) is 0 Å². The third-order valence-corrected chi connectivity index (χ3v) is 4.34. The smallest absolute Gasteiger partial charge is 0.262 e. The lowest BCUT2D eigenvalue weighted by Gasteiger charge is -2.20. The molecule has 22 heavy (non-hydrogen) atoms. The molecule has 0 saturated heterocycles. The summed E-state index contributed by atoms with van der Waals surface area (Å²) >= 11 is 0. The molecule has 10 heteroatoms. The minimum atomic E-state index is -3.73. The second-order valence-corrected chi connectivity index (χ2v) is 6.07. The van der Waals surface area contributed by atoms with E-state index in [1.54, 1.807) is 7.05 Å². The predicted octanol–water partition coefficient (Wildman–Crippen LogP) is -0.0544. The van der Waals surface area contributed by atoms with Gasteiger partial charge >= 0.3 is 0 Å². The quantitative estimate of drug-likeness (QED) is 0.620. The molecule has 1 amide bonds. The fraction of sp³-hybridized carbons (Fsp3) is 0.417. The number of hydrogen-bond acceptors (Lipinski definition) is 6. The number of benzene rings is 1. The Bertz CT molecular complexity index is 650. The summed E-state index contributed by atoms with van der Waals surface area (Å²) in [4.78, 5) is 11.2. The van der Waals surface area contributed by atoms with E-state index in [1.807, 2.05) is 0 Å². The molecule has 0 atom stereocenters. The highest BCUT2D eigenvalue weighted by atomic mass is 35.5. The van der Waals surface area contributed by atoms with Crippen LogP contribution in [0.4, 0.5) is 5.69 Å². The fourth-order valence-electron chi connectivity index (χ4n) is 1.85. The molecule has 0 aromatic heterocycles. The van der Waals surface area contributed by atoms with Gasteiger partial charge in [-0.25, -0.2) is 13.1 Å². The highest BCUT2D eigenvalue weighted by Crippen LogP contribution is 2.36. The van der Waals surface area contributed by atoms with Crippen molar-refractivity contribution in [3.05, 3.63) is 12.1 Å². The van der Waals surface area contributed by atoms with E-state index in [9.17, 15) is 13.2 Å². The molecule has 1 aliphatic heterocycles. The van der Waals surface area contributed by atoms with E-state index in [-0.39, 0.29) is 42.1 Å². The first-order chi connectivity index (χ1) is 9.97. The summed E-state index contributed by atoms with van der Waals surface area (Å²) in [5.74, 6) is 0.133. The Kier molecular flexibility index (Phi) is 6.42. The Morgan fingerprint density at radius 1 is 1.36 bits per heavy atom. The number of rotatable bonds is 6. The van der Waals surface area contributed by atoms with Crippen molar-refractivity contribution >= 4 is 34.0 Å². The number of halogens is 1. The van der Waals surface area contributed by atoms with E-state index in [0.29, 0.717) is 18.0 Å². The molecule has 1 aromatic carbocycles. The van der Waals surface area contributed by atoms with Gasteiger partial charge in [0, 0.05) is 25.2 Å². The number of methoxy groups -OCH3 is 1. The summed E-state index contributed by atoms with van der Waals surface area (Å²) in [6.07, 6.45) is 0. The van der Waals surface area contributed by atoms with Gasteiger partial charge in [0.05, 0.1) is 12.8 Å². The number of nitrogens with one attached hydrogen (secondary N) is 3. The van der Waals surface area contributed by atoms with E-state index in [0.717, 1.165) is 0 Å². The van der Waals surface area contributed by atoms with Gasteiger partial charge in [-0.05, 0) is 7.05 Å². The van der Waals surface area contributed by atoms with Gasteiger partial charge in [-0.15, -0.1) is 12.4 Å². The van der Waals surface area contributed by atoms with Crippen LogP contribution in [0.5, 0.6) is 11.5 Å². The van der Waals surface area contributed by atoms with Crippen LogP contribution < -0.4 is 24.8 Å². The number of carbonyl (C=O) groups excluding carboxylic acids is 1. The van der Waals surface area contributed by atoms with Crippen LogP contribution in [0, 0.1) is 0 Å². The van der Waals surface area contributed by atoms with Gasteiger partial charge in [0.15, 0.2) is 6.61 Å². The van der Waals surface area contributed by atoms with Crippen LogP contribution in [0.25, 0.3) is 0 Å². The van der Waals surface area contributed by atoms with E-state index >= 15 is 0 Å². The Morgan fingerprint density at radius 2 is 2.09 bits per heavy atom. The van der Waals surface area contributed by atoms with Crippen LogP contribution in [0.1, 0.15) is 0 Å². The first-order valence-corrected chi connectivity index (χ1v) is 7.75. The van der Waals surface area contributed by atoms with Gasteiger partial charge in [0.1, 0.15) is 16.4 Å². The van der Waals surface area contributed by atoms with Gasteiger partial charge < -0.3 is 20.1 Å². The molecule has 1 aromatic rings. The maximum Gasteiger partial charge on any atom is 0.262 e. The fourth-order valence-corrected chi connectivity index (χ4v) is 3.04. The summed E-state index contributed by atoms with van der Waals surface area (Å²) < 4.78 is 37.3. The molecule has 2 rings (SSSR count). The zero-order valence-corrected chi connectivity index (χ0v) is 13.8. The molecule has 0 unspecified atom stereocenters. The molecule has 0 bridgehead atoms. The molecule has 0 saturated carbocycles. The second-order valence-electron chi connectivity index (χ2n) is 4.34. The normalized spacial score (nSPS) is 13.5. The summed E-state index contributed by atoms with van der Waals surface area (Å²) in [7, 11) is -0.643. The maximum atomic E-state index is 12.3. The van der Waals surface area contributed by atoms with E-state index < -0.39 is 10.0 Å². The predicted molar refractivity (Wildman–Crippen MR) is 83.5 cm³/mol. The third-order valence-electron chi connectivity index (χ3n) is 2.86. The van der Waals surface area contributed by atoms with Crippen molar-refractivity contribution in [1.82, 2.24) is 10.0 Å². The van der Waals surface area contributed by atoms with E-state index in [2.05, 4.69) is 15.4 Å². The SMILES string of the molecule is CNCCNS(=O)(=O)c1cc2c(cc1OC)NC(=O)CO2.Cl. The van der Waals surface area contributed by atoms with Crippen molar-refractivity contribution < 1.29 is 22.7 Å². The monoisotopic (exact) mass is 351 g/mol. The topological polar surface area (TPSA) is 106 Å². The van der Waals surface area contributed by atoms with Gasteiger partial charge in [-0.3, -0.25) is 4.79 Å². The van der Waals surface area contributed by atoms with Gasteiger partial charge in [0.2, 0.25) is 10.0 Å². The molecule has 3 N–H and O–H groups in total. The largest absolute Gasteiger partial charge is 0.495 e. The molecule has 8 nitrogen and oxygen atoms in total. The van der Waals surface area contributed by atoms with Gasteiger partial charge in [-0.2, -0.15) is 0 Å². The van der Waals surface area contributed by atoms with Crippen LogP contribution in [-0.2, 0) is 14.8 Å². The zero-order chi connectivity index (χ0) is 15.5. The van der Waals surface area contributed by atoms with E-state index in [1.165, 1.54) is 19.2 Å². The first kappa shape index (κ1) is 18.5. The Morgan fingerprint density at radius 3 is 2.73 bits per heavy atom. The maximum absolute atomic E-state index is 12.3. The minimum Gasteiger partial charge on any atom is -0.495 e. The first-order valence-electron chi connectivity index (χ1n) is 6.27. The number of ether oxygens (including phenoxy) is 2. The Labute approximate surface area is 135 Å². The lowest BCUT2D eigenvalue weighted by molar-refractivity contribution is -0.118. The van der Waals surface area contributed by atoms with Crippen LogP contribution in [0.15, 0.2) is 17.0 Å². The number of fused-ring (bicyclic) bond motifs is 1. The van der Waals surface area contributed by atoms with Crippen molar-refractivity contribution in [3.63, 3.8) is 0 Å². The molecule has 124 valence electrons. The molecule has 0 radical (unpaired) electrons. The van der Waals surface area contributed by atoms with Crippen molar-refractivity contribution in [3.8, 4) is 11.5 Å². The van der Waals surface area contributed by atoms with Crippen LogP contribution in [0.3, 0.4) is 0 Å². The van der Waals surface area contributed by atoms with Crippen molar-refractivity contribution in [2.45, 2.75) is 4.90 Å². The number of anilines is 1. The lowest BCUT2D eigenvalue weighted by Crippen LogP contribution is -2.31. The number of amides is 1. The molecular formula is C12H18ClN3O5S. The summed E-state index contributed by atoms with van der Waals surface area (Å²) in [5.41, 5.74) is 0.386. The van der Waals surface area contributed by atoms with Crippen molar-refractivity contribution in [2.75, 3.05) is 39.2 Å². The molecular weight excluding hydrogens is 334 g/mol. The number of sulfonamides is 1.